The topological polar surface area (TPSA) is 134 Å². The Morgan fingerprint density at radius 2 is 1.67 bits per heavy atom. The Balaban J connectivity index is 1.21. The highest BCUT2D eigenvalue weighted by Crippen LogP contribution is 2.44. The van der Waals surface area contributed by atoms with Gasteiger partial charge in [0.25, 0.3) is 0 Å². The molecule has 0 saturated carbocycles. The van der Waals surface area contributed by atoms with Crippen LogP contribution in [0.2, 0.25) is 0 Å². The van der Waals surface area contributed by atoms with Gasteiger partial charge in [-0.3, -0.25) is 9.69 Å². The van der Waals surface area contributed by atoms with Gasteiger partial charge in [0, 0.05) is 30.5 Å². The summed E-state index contributed by atoms with van der Waals surface area (Å²) in [5.74, 6) is -0.324. The van der Waals surface area contributed by atoms with Crippen LogP contribution in [0.5, 0.6) is 0 Å². The predicted octanol–water partition coefficient (Wildman–Crippen LogP) is 4.62. The first-order valence-electron chi connectivity index (χ1n) is 14.2. The molecule has 3 N–H and O–H groups in total. The normalized spacial score (nSPS) is 17.0. The Labute approximate surface area is 250 Å². The first-order chi connectivity index (χ1) is 20.0. The molecule has 42 heavy (non-hydrogen) atoms. The molecule has 10 nitrogen and oxygen atoms in total. The van der Waals surface area contributed by atoms with Crippen LogP contribution in [0.1, 0.15) is 57.1 Å². The zero-order chi connectivity index (χ0) is 30.3. The highest BCUT2D eigenvalue weighted by Gasteiger charge is 2.35. The summed E-state index contributed by atoms with van der Waals surface area (Å²) in [7, 11) is 0. The third-order valence-electron chi connectivity index (χ3n) is 7.21. The number of hydrogen-bond acceptors (Lipinski definition) is 7. The lowest BCUT2D eigenvalue weighted by Crippen LogP contribution is -2.55. The quantitative estimate of drug-likeness (QED) is 0.338. The molecule has 2 aromatic rings. The van der Waals surface area contributed by atoms with Crippen LogP contribution in [-0.4, -0.2) is 83.0 Å². The summed E-state index contributed by atoms with van der Waals surface area (Å²) in [4.78, 5) is 51.2. The summed E-state index contributed by atoms with van der Waals surface area (Å²) in [6, 6.07) is 14.2. The van der Waals surface area contributed by atoms with Crippen molar-refractivity contribution in [2.45, 2.75) is 63.6 Å². The van der Waals surface area contributed by atoms with Gasteiger partial charge in [0.2, 0.25) is 5.91 Å². The van der Waals surface area contributed by atoms with Gasteiger partial charge in [-0.25, -0.2) is 14.4 Å². The first kappa shape index (κ1) is 31.2. The molecule has 226 valence electrons. The van der Waals surface area contributed by atoms with E-state index in [1.165, 1.54) is 4.90 Å². The van der Waals surface area contributed by atoms with Gasteiger partial charge in [-0.15, -0.1) is 0 Å². The number of rotatable bonds is 10. The van der Waals surface area contributed by atoms with Crippen molar-refractivity contribution < 1.29 is 33.8 Å². The molecular weight excluding hydrogens is 558 g/mol. The van der Waals surface area contributed by atoms with E-state index >= 15 is 0 Å². The molecule has 1 aliphatic heterocycles. The Kier molecular flexibility index (Phi) is 10.4. The molecule has 0 radical (unpaired) electrons. The van der Waals surface area contributed by atoms with Gasteiger partial charge in [0.15, 0.2) is 0 Å². The number of alkyl carbamates (subject to hydrolysis) is 1. The summed E-state index contributed by atoms with van der Waals surface area (Å²) < 4.78 is 10.9. The number of aliphatic carboxylic acids is 1. The molecule has 0 spiro atoms. The zero-order valence-corrected chi connectivity index (χ0v) is 25.1. The average Bonchev–Trinajstić information content (AvgIpc) is 3.27. The van der Waals surface area contributed by atoms with Crippen LogP contribution in [0.25, 0.3) is 11.1 Å². The van der Waals surface area contributed by atoms with Crippen LogP contribution in [0.15, 0.2) is 48.5 Å². The number of nitrogens with one attached hydrogen (secondary N) is 2. The molecular formula is C31H39N3O7S. The van der Waals surface area contributed by atoms with Crippen molar-refractivity contribution >= 4 is 35.8 Å². The van der Waals surface area contributed by atoms with Gasteiger partial charge < -0.3 is 25.2 Å². The fourth-order valence-corrected chi connectivity index (χ4v) is 6.25. The highest BCUT2D eigenvalue weighted by atomic mass is 32.2. The fraction of sp³-hybridized carbons (Fsp3) is 0.484. The third-order valence-corrected chi connectivity index (χ3v) is 8.23. The van der Waals surface area contributed by atoms with Crippen LogP contribution in [-0.2, 0) is 19.1 Å². The summed E-state index contributed by atoms with van der Waals surface area (Å²) >= 11 is 1.60. The number of carbonyl (C=O) groups excluding carboxylic acids is 3. The van der Waals surface area contributed by atoms with Gasteiger partial charge in [0.05, 0.1) is 0 Å². The van der Waals surface area contributed by atoms with Crippen molar-refractivity contribution in [1.82, 2.24) is 15.5 Å². The van der Waals surface area contributed by atoms with E-state index in [4.69, 9.17) is 9.47 Å². The van der Waals surface area contributed by atoms with Crippen molar-refractivity contribution in [2.24, 2.45) is 0 Å². The SMILES string of the molecule is CC(C)(C)OC(=O)N1CCSCC1C(=O)NCCCCC(NC(=O)OCC1c2ccccc2-c2ccccc21)C(=O)O. The molecule has 2 unspecified atom stereocenters. The number of carboxylic acids is 1. The molecule has 2 aliphatic rings. The molecule has 1 saturated heterocycles. The third kappa shape index (κ3) is 7.96. The summed E-state index contributed by atoms with van der Waals surface area (Å²) in [6.45, 7) is 6.19. The van der Waals surface area contributed by atoms with Crippen LogP contribution >= 0.6 is 11.8 Å². The molecule has 2 atom stereocenters. The number of nitrogens with zero attached hydrogens (tertiary/aromatic N) is 1. The Hall–Kier alpha value is -3.73. The van der Waals surface area contributed by atoms with Crippen molar-refractivity contribution in [3.63, 3.8) is 0 Å². The number of thioether (sulfide) groups is 1. The maximum Gasteiger partial charge on any atom is 0.411 e. The first-order valence-corrected chi connectivity index (χ1v) is 15.4. The number of carbonyl (C=O) groups is 4. The molecule has 3 amide bonds. The van der Waals surface area contributed by atoms with Crippen molar-refractivity contribution in [2.75, 3.05) is 31.2 Å². The number of carboxylic acid groups (broad SMARTS) is 1. The van der Waals surface area contributed by atoms with Crippen molar-refractivity contribution in [3.8, 4) is 11.1 Å². The zero-order valence-electron chi connectivity index (χ0n) is 24.3. The van der Waals surface area contributed by atoms with Gasteiger partial charge in [0.1, 0.15) is 24.3 Å². The predicted molar refractivity (Wildman–Crippen MR) is 161 cm³/mol. The summed E-state index contributed by atoms with van der Waals surface area (Å²) in [5, 5.41) is 15.0. The number of unbranched alkanes of at least 4 members (excludes halogenated alkanes) is 1. The largest absolute Gasteiger partial charge is 0.480 e. The number of amides is 3. The molecule has 0 aromatic heterocycles. The summed E-state index contributed by atoms with van der Waals surface area (Å²) in [6.07, 6.45) is -0.149. The molecule has 1 fully saturated rings. The molecule has 1 heterocycles. The van der Waals surface area contributed by atoms with E-state index in [1.54, 1.807) is 32.5 Å². The molecule has 4 rings (SSSR count). The lowest BCUT2D eigenvalue weighted by molar-refractivity contribution is -0.139. The maximum atomic E-state index is 12.8. The number of hydrogen-bond donors (Lipinski definition) is 3. The van der Waals surface area contributed by atoms with Crippen molar-refractivity contribution in [1.29, 1.82) is 0 Å². The minimum Gasteiger partial charge on any atom is -0.480 e. The Morgan fingerprint density at radius 1 is 1.02 bits per heavy atom. The minimum absolute atomic E-state index is 0.0952. The number of benzene rings is 2. The van der Waals surface area contributed by atoms with Gasteiger partial charge in [-0.05, 0) is 62.3 Å². The van der Waals surface area contributed by atoms with E-state index in [-0.39, 0.29) is 24.9 Å². The van der Waals surface area contributed by atoms with E-state index in [9.17, 15) is 24.3 Å². The second-order valence-corrected chi connectivity index (χ2v) is 12.6. The standard InChI is InChI=1S/C31H39N3O7S/c1-31(2,3)41-30(39)34-16-17-42-19-26(34)27(35)32-15-9-8-14-25(28(36)37)33-29(38)40-18-24-22-12-6-4-10-20(22)21-11-5-7-13-23(21)24/h4-7,10-13,24-26H,8-9,14-19H2,1-3H3,(H,32,35)(H,33,38)(H,36,37). The van der Waals surface area contributed by atoms with E-state index in [0.29, 0.717) is 31.7 Å². The van der Waals surface area contributed by atoms with Crippen molar-refractivity contribution in [3.05, 3.63) is 59.7 Å². The average molecular weight is 598 g/mol. The lowest BCUT2D eigenvalue weighted by Gasteiger charge is -2.35. The van der Waals surface area contributed by atoms with Crippen LogP contribution in [0, 0.1) is 0 Å². The van der Waals surface area contributed by atoms with E-state index in [0.717, 1.165) is 28.0 Å². The Bertz CT molecular complexity index is 1250. The maximum absolute atomic E-state index is 12.8. The summed E-state index contributed by atoms with van der Waals surface area (Å²) in [5.41, 5.74) is 3.71. The molecule has 1 aliphatic carbocycles. The molecule has 2 aromatic carbocycles. The monoisotopic (exact) mass is 597 g/mol. The highest BCUT2D eigenvalue weighted by molar-refractivity contribution is 7.99. The van der Waals surface area contributed by atoms with Gasteiger partial charge >= 0.3 is 18.2 Å². The van der Waals surface area contributed by atoms with Crippen LogP contribution in [0.3, 0.4) is 0 Å². The second-order valence-electron chi connectivity index (χ2n) is 11.4. The van der Waals surface area contributed by atoms with Gasteiger partial charge in [-0.1, -0.05) is 48.5 Å². The smallest absolute Gasteiger partial charge is 0.411 e. The minimum atomic E-state index is -1.15. The lowest BCUT2D eigenvalue weighted by atomic mass is 9.98. The molecule has 0 bridgehead atoms. The van der Waals surface area contributed by atoms with Crippen LogP contribution in [0.4, 0.5) is 9.59 Å². The Morgan fingerprint density at radius 3 is 2.29 bits per heavy atom. The molecule has 11 heteroatoms. The van der Waals surface area contributed by atoms with E-state index < -0.39 is 35.8 Å². The second kappa shape index (κ2) is 14.0. The van der Waals surface area contributed by atoms with E-state index in [2.05, 4.69) is 10.6 Å². The number of ether oxygens (including phenoxy) is 2. The fourth-order valence-electron chi connectivity index (χ4n) is 5.20. The van der Waals surface area contributed by atoms with Crippen LogP contribution < -0.4 is 10.6 Å². The van der Waals surface area contributed by atoms with Gasteiger partial charge in [-0.2, -0.15) is 11.8 Å². The number of fused-ring (bicyclic) bond motifs is 3. The van der Waals surface area contributed by atoms with E-state index in [1.807, 2.05) is 48.5 Å².